The molecule has 0 radical (unpaired) electrons. The van der Waals surface area contributed by atoms with Crippen molar-refractivity contribution in [3.8, 4) is 0 Å². The summed E-state index contributed by atoms with van der Waals surface area (Å²) in [6.07, 6.45) is 2.07. The molecule has 0 atom stereocenters. The second kappa shape index (κ2) is 4.01. The fraction of sp³-hybridized carbons (Fsp3) is 0.417. The van der Waals surface area contributed by atoms with Gasteiger partial charge in [-0.25, -0.2) is 4.39 Å². The number of hydrogen-bond donors (Lipinski definition) is 1. The molecule has 1 amide bonds. The monoisotopic (exact) mass is 207 g/mol. The molecule has 0 saturated heterocycles. The van der Waals surface area contributed by atoms with E-state index in [4.69, 9.17) is 0 Å². The predicted molar refractivity (Wildman–Crippen MR) is 56.5 cm³/mol. The molecule has 0 unspecified atom stereocenters. The fourth-order valence-electron chi connectivity index (χ4n) is 1.67. The number of carbonyl (C=O) groups excluding carboxylic acids is 1. The molecule has 1 aliphatic carbocycles. The third-order valence-corrected chi connectivity index (χ3v) is 2.85. The highest BCUT2D eigenvalue weighted by Gasteiger charge is 2.37. The number of halogens is 1. The highest BCUT2D eigenvalue weighted by molar-refractivity contribution is 5.94. The number of benzene rings is 1. The second-order valence-corrected chi connectivity index (χ2v) is 4.05. The van der Waals surface area contributed by atoms with Gasteiger partial charge in [0.15, 0.2) is 0 Å². The number of carbonyl (C=O) groups is 1. The Morgan fingerprint density at radius 3 is 2.53 bits per heavy atom. The van der Waals surface area contributed by atoms with Crippen LogP contribution in [-0.2, 0) is 0 Å². The van der Waals surface area contributed by atoms with Gasteiger partial charge >= 0.3 is 0 Å². The zero-order valence-corrected chi connectivity index (χ0v) is 8.50. The molecular formula is C12H14FNO. The quantitative estimate of drug-likeness (QED) is 0.809. The number of hydrogen-bond acceptors (Lipinski definition) is 1. The molecule has 3 heteroatoms. The van der Waals surface area contributed by atoms with Crippen molar-refractivity contribution in [1.82, 2.24) is 5.32 Å². The first-order valence-corrected chi connectivity index (χ1v) is 5.22. The van der Waals surface area contributed by atoms with Gasteiger partial charge in [0.2, 0.25) is 0 Å². The number of alkyl halides is 1. The van der Waals surface area contributed by atoms with Gasteiger partial charge < -0.3 is 5.32 Å². The van der Waals surface area contributed by atoms with Gasteiger partial charge in [-0.2, -0.15) is 0 Å². The van der Waals surface area contributed by atoms with Crippen LogP contribution in [0.3, 0.4) is 0 Å². The zero-order chi connectivity index (χ0) is 10.7. The molecule has 1 saturated carbocycles. The number of amides is 1. The fourth-order valence-corrected chi connectivity index (χ4v) is 1.67. The Bertz CT molecular complexity index is 346. The molecule has 15 heavy (non-hydrogen) atoms. The molecular weight excluding hydrogens is 193 g/mol. The Balaban J connectivity index is 1.88. The first-order chi connectivity index (χ1) is 7.20. The van der Waals surface area contributed by atoms with E-state index in [9.17, 15) is 9.18 Å². The van der Waals surface area contributed by atoms with Crippen molar-refractivity contribution in [2.24, 2.45) is 0 Å². The zero-order valence-electron chi connectivity index (χ0n) is 8.50. The maximum atomic E-state index is 13.6. The van der Waals surface area contributed by atoms with Crippen LogP contribution in [0.25, 0.3) is 0 Å². The maximum absolute atomic E-state index is 13.6. The van der Waals surface area contributed by atoms with Crippen LogP contribution in [0.2, 0.25) is 0 Å². The van der Waals surface area contributed by atoms with E-state index in [1.165, 1.54) is 0 Å². The van der Waals surface area contributed by atoms with Gasteiger partial charge in [0.25, 0.3) is 5.91 Å². The lowest BCUT2D eigenvalue weighted by molar-refractivity contribution is 0.0577. The largest absolute Gasteiger partial charge is 0.349 e. The minimum atomic E-state index is -1.15. The third kappa shape index (κ3) is 2.35. The minimum absolute atomic E-state index is 0.140. The molecule has 0 spiro atoms. The Morgan fingerprint density at radius 1 is 1.33 bits per heavy atom. The van der Waals surface area contributed by atoms with Crippen LogP contribution >= 0.6 is 0 Å². The van der Waals surface area contributed by atoms with E-state index in [2.05, 4.69) is 5.32 Å². The van der Waals surface area contributed by atoms with Crippen molar-refractivity contribution in [1.29, 1.82) is 0 Å². The molecule has 0 bridgehead atoms. The molecule has 1 aromatic carbocycles. The summed E-state index contributed by atoms with van der Waals surface area (Å²) in [7, 11) is 0. The van der Waals surface area contributed by atoms with Gasteiger partial charge in [-0.1, -0.05) is 18.2 Å². The molecule has 1 aliphatic rings. The van der Waals surface area contributed by atoms with Crippen molar-refractivity contribution in [2.75, 3.05) is 6.54 Å². The second-order valence-electron chi connectivity index (χ2n) is 4.05. The molecule has 1 fully saturated rings. The minimum Gasteiger partial charge on any atom is -0.349 e. The summed E-state index contributed by atoms with van der Waals surface area (Å²) in [6, 6.07) is 8.88. The molecule has 1 N–H and O–H groups in total. The van der Waals surface area contributed by atoms with Crippen LogP contribution in [-0.4, -0.2) is 18.1 Å². The van der Waals surface area contributed by atoms with Gasteiger partial charge in [-0.05, 0) is 31.4 Å². The van der Waals surface area contributed by atoms with Crippen molar-refractivity contribution >= 4 is 5.91 Å². The van der Waals surface area contributed by atoms with Crippen LogP contribution in [0.1, 0.15) is 29.6 Å². The summed E-state index contributed by atoms with van der Waals surface area (Å²) in [5.74, 6) is -0.195. The van der Waals surface area contributed by atoms with Gasteiger partial charge in [-0.3, -0.25) is 4.79 Å². The summed E-state index contributed by atoms with van der Waals surface area (Å²) in [6.45, 7) is 0.140. The highest BCUT2D eigenvalue weighted by atomic mass is 19.1. The smallest absolute Gasteiger partial charge is 0.251 e. The van der Waals surface area contributed by atoms with Crippen LogP contribution in [0.4, 0.5) is 4.39 Å². The van der Waals surface area contributed by atoms with Crippen molar-refractivity contribution in [3.63, 3.8) is 0 Å². The molecule has 2 nitrogen and oxygen atoms in total. The predicted octanol–water partition coefficient (Wildman–Crippen LogP) is 2.31. The van der Waals surface area contributed by atoms with E-state index < -0.39 is 5.67 Å². The summed E-state index contributed by atoms with van der Waals surface area (Å²) in [5, 5.41) is 2.63. The Labute approximate surface area is 88.5 Å². The Hall–Kier alpha value is -1.38. The lowest BCUT2D eigenvalue weighted by Gasteiger charge is -2.33. The van der Waals surface area contributed by atoms with E-state index >= 15 is 0 Å². The number of nitrogens with one attached hydrogen (secondary N) is 1. The van der Waals surface area contributed by atoms with Gasteiger partial charge in [-0.15, -0.1) is 0 Å². The molecule has 0 aromatic heterocycles. The lowest BCUT2D eigenvalue weighted by Crippen LogP contribution is -2.44. The van der Waals surface area contributed by atoms with E-state index in [1.807, 2.05) is 6.07 Å². The highest BCUT2D eigenvalue weighted by Crippen LogP contribution is 2.34. The Morgan fingerprint density at radius 2 is 2.00 bits per heavy atom. The maximum Gasteiger partial charge on any atom is 0.251 e. The van der Waals surface area contributed by atoms with Crippen molar-refractivity contribution < 1.29 is 9.18 Å². The SMILES string of the molecule is O=C(NCC1(F)CCC1)c1ccccc1. The van der Waals surface area contributed by atoms with Gasteiger partial charge in [0.05, 0.1) is 6.54 Å². The average Bonchev–Trinajstić information content (AvgIpc) is 2.24. The van der Waals surface area contributed by atoms with Crippen molar-refractivity contribution in [3.05, 3.63) is 35.9 Å². The summed E-state index contributed by atoms with van der Waals surface area (Å²) in [4.78, 5) is 11.6. The first-order valence-electron chi connectivity index (χ1n) is 5.22. The molecule has 1 aromatic rings. The van der Waals surface area contributed by atoms with E-state index in [0.717, 1.165) is 6.42 Å². The van der Waals surface area contributed by atoms with Crippen LogP contribution in [0, 0.1) is 0 Å². The topological polar surface area (TPSA) is 29.1 Å². The standard InChI is InChI=1S/C12H14FNO/c13-12(7-4-8-12)9-14-11(15)10-5-2-1-3-6-10/h1-3,5-6H,4,7-9H2,(H,14,15). The number of rotatable bonds is 3. The normalized spacial score (nSPS) is 17.9. The Kier molecular flexibility index (Phi) is 2.71. The molecule has 80 valence electrons. The van der Waals surface area contributed by atoms with E-state index in [-0.39, 0.29) is 12.5 Å². The summed E-state index contributed by atoms with van der Waals surface area (Å²) >= 11 is 0. The van der Waals surface area contributed by atoms with Crippen LogP contribution in [0.5, 0.6) is 0 Å². The van der Waals surface area contributed by atoms with Gasteiger partial charge in [0, 0.05) is 5.56 Å². The average molecular weight is 207 g/mol. The van der Waals surface area contributed by atoms with Gasteiger partial charge in [0.1, 0.15) is 5.67 Å². The lowest BCUT2D eigenvalue weighted by atomic mass is 9.82. The molecule has 0 aliphatic heterocycles. The third-order valence-electron chi connectivity index (χ3n) is 2.85. The van der Waals surface area contributed by atoms with E-state index in [1.54, 1.807) is 24.3 Å². The van der Waals surface area contributed by atoms with Crippen molar-refractivity contribution in [2.45, 2.75) is 24.9 Å². The van der Waals surface area contributed by atoms with Crippen LogP contribution < -0.4 is 5.32 Å². The molecule has 0 heterocycles. The summed E-state index contributed by atoms with van der Waals surface area (Å²) in [5.41, 5.74) is -0.565. The van der Waals surface area contributed by atoms with Crippen LogP contribution in [0.15, 0.2) is 30.3 Å². The first kappa shape index (κ1) is 10.1. The molecule has 2 rings (SSSR count). The summed E-state index contributed by atoms with van der Waals surface area (Å²) < 4.78 is 13.6. The van der Waals surface area contributed by atoms with E-state index in [0.29, 0.717) is 18.4 Å².